The predicted octanol–water partition coefficient (Wildman–Crippen LogP) is 1.27. The van der Waals surface area contributed by atoms with Crippen molar-refractivity contribution in [1.29, 1.82) is 0 Å². The van der Waals surface area contributed by atoms with Crippen LogP contribution < -0.4 is 11.1 Å². The molecule has 0 radical (unpaired) electrons. The molecule has 1 atom stereocenters. The topological polar surface area (TPSA) is 75.4 Å². The lowest BCUT2D eigenvalue weighted by molar-refractivity contribution is -0.129. The lowest BCUT2D eigenvalue weighted by Gasteiger charge is -2.32. The number of primary amides is 1. The van der Waals surface area contributed by atoms with E-state index in [1.807, 2.05) is 4.90 Å². The van der Waals surface area contributed by atoms with Crippen LogP contribution >= 0.6 is 0 Å². The fourth-order valence-electron chi connectivity index (χ4n) is 3.42. The molecule has 24 heavy (non-hydrogen) atoms. The fraction of sp³-hybridized carbons (Fsp3) is 0.529. The molecule has 1 aliphatic carbocycles. The average molecular weight is 337 g/mol. The summed E-state index contributed by atoms with van der Waals surface area (Å²) in [7, 11) is 0. The summed E-state index contributed by atoms with van der Waals surface area (Å²) in [6.45, 7) is 1.32. The van der Waals surface area contributed by atoms with Crippen LogP contribution in [0.1, 0.15) is 31.2 Å². The van der Waals surface area contributed by atoms with Gasteiger partial charge in [0.1, 0.15) is 11.6 Å². The van der Waals surface area contributed by atoms with E-state index < -0.39 is 23.1 Å². The maximum absolute atomic E-state index is 14.0. The van der Waals surface area contributed by atoms with Gasteiger partial charge in [-0.2, -0.15) is 0 Å². The molecule has 130 valence electrons. The van der Waals surface area contributed by atoms with Crippen molar-refractivity contribution in [3.05, 3.63) is 35.4 Å². The van der Waals surface area contributed by atoms with E-state index >= 15 is 0 Å². The highest BCUT2D eigenvalue weighted by Crippen LogP contribution is 2.47. The van der Waals surface area contributed by atoms with Crippen LogP contribution in [0.2, 0.25) is 0 Å². The smallest absolute Gasteiger partial charge is 0.231 e. The minimum absolute atomic E-state index is 0.132. The number of carbonyl (C=O) groups excluding carboxylic acids is 2. The maximum Gasteiger partial charge on any atom is 0.231 e. The number of amides is 2. The van der Waals surface area contributed by atoms with Crippen molar-refractivity contribution in [2.75, 3.05) is 19.6 Å². The highest BCUT2D eigenvalue weighted by Gasteiger charge is 2.48. The Balaban J connectivity index is 1.68. The number of benzene rings is 1. The van der Waals surface area contributed by atoms with Crippen LogP contribution in [-0.2, 0) is 15.1 Å². The molecule has 1 saturated carbocycles. The van der Waals surface area contributed by atoms with Crippen LogP contribution in [0.5, 0.6) is 0 Å². The zero-order chi connectivity index (χ0) is 17.3. The Morgan fingerprint density at radius 1 is 1.33 bits per heavy atom. The van der Waals surface area contributed by atoms with Gasteiger partial charge < -0.3 is 11.1 Å². The van der Waals surface area contributed by atoms with E-state index in [1.54, 1.807) is 0 Å². The Morgan fingerprint density at radius 2 is 2.08 bits per heavy atom. The van der Waals surface area contributed by atoms with Gasteiger partial charge in [0.25, 0.3) is 0 Å². The van der Waals surface area contributed by atoms with Gasteiger partial charge in [0, 0.05) is 12.1 Å². The van der Waals surface area contributed by atoms with Crippen LogP contribution in [0, 0.1) is 17.6 Å². The standard InChI is InChI=1S/C17H21F2N3O2/c18-12-3-4-14(19)13(8-12)17(5-6-17)21-16(24)11-2-1-7-22(9-11)10-15(20)23/h3-4,8,11H,1-2,5-7,9-10H2,(H2,20,23)(H,21,24). The third-order valence-electron chi connectivity index (χ3n) is 4.81. The summed E-state index contributed by atoms with van der Waals surface area (Å²) in [5.74, 6) is -1.89. The lowest BCUT2D eigenvalue weighted by Crippen LogP contribution is -2.48. The number of nitrogens with zero attached hydrogens (tertiary/aromatic N) is 1. The van der Waals surface area contributed by atoms with Crippen LogP contribution in [0.4, 0.5) is 8.78 Å². The first-order valence-corrected chi connectivity index (χ1v) is 8.18. The summed E-state index contributed by atoms with van der Waals surface area (Å²) in [5, 5.41) is 2.91. The van der Waals surface area contributed by atoms with Crippen molar-refractivity contribution in [2.24, 2.45) is 11.7 Å². The quantitative estimate of drug-likeness (QED) is 0.850. The molecule has 1 aromatic rings. The molecule has 5 nitrogen and oxygen atoms in total. The monoisotopic (exact) mass is 337 g/mol. The number of piperidine rings is 1. The number of rotatable bonds is 5. The third-order valence-corrected chi connectivity index (χ3v) is 4.81. The summed E-state index contributed by atoms with van der Waals surface area (Å²) < 4.78 is 27.5. The largest absolute Gasteiger partial charge is 0.369 e. The normalized spacial score (nSPS) is 22.8. The van der Waals surface area contributed by atoms with Gasteiger partial charge in [-0.3, -0.25) is 14.5 Å². The van der Waals surface area contributed by atoms with Crippen LogP contribution in [0.3, 0.4) is 0 Å². The lowest BCUT2D eigenvalue weighted by atomic mass is 9.95. The molecule has 1 unspecified atom stereocenters. The summed E-state index contributed by atoms with van der Waals surface area (Å²) in [6.07, 6.45) is 2.70. The first-order valence-electron chi connectivity index (χ1n) is 8.18. The fourth-order valence-corrected chi connectivity index (χ4v) is 3.42. The first-order chi connectivity index (χ1) is 11.4. The summed E-state index contributed by atoms with van der Waals surface area (Å²) in [4.78, 5) is 25.5. The van der Waals surface area contributed by atoms with Gasteiger partial charge in [-0.25, -0.2) is 8.78 Å². The molecule has 1 aliphatic heterocycles. The first kappa shape index (κ1) is 16.8. The van der Waals surface area contributed by atoms with Crippen molar-refractivity contribution in [1.82, 2.24) is 10.2 Å². The Hall–Kier alpha value is -2.02. The number of hydrogen-bond acceptors (Lipinski definition) is 3. The highest BCUT2D eigenvalue weighted by molar-refractivity contribution is 5.81. The van der Waals surface area contributed by atoms with Crippen molar-refractivity contribution in [3.63, 3.8) is 0 Å². The van der Waals surface area contributed by atoms with Gasteiger partial charge in [0.15, 0.2) is 0 Å². The van der Waals surface area contributed by atoms with E-state index in [4.69, 9.17) is 5.73 Å². The number of halogens is 2. The van der Waals surface area contributed by atoms with Crippen LogP contribution in [0.25, 0.3) is 0 Å². The van der Waals surface area contributed by atoms with Gasteiger partial charge >= 0.3 is 0 Å². The van der Waals surface area contributed by atoms with Crippen molar-refractivity contribution in [3.8, 4) is 0 Å². The SMILES string of the molecule is NC(=O)CN1CCCC(C(=O)NC2(c3cc(F)ccc3F)CC2)C1. The van der Waals surface area contributed by atoms with Crippen LogP contribution in [0.15, 0.2) is 18.2 Å². The zero-order valence-corrected chi connectivity index (χ0v) is 13.4. The predicted molar refractivity (Wildman–Crippen MR) is 83.8 cm³/mol. The molecule has 3 rings (SSSR count). The van der Waals surface area contributed by atoms with Crippen molar-refractivity contribution >= 4 is 11.8 Å². The number of nitrogens with two attached hydrogens (primary N) is 1. The Morgan fingerprint density at radius 3 is 2.75 bits per heavy atom. The Kier molecular flexibility index (Phi) is 4.54. The summed E-state index contributed by atoms with van der Waals surface area (Å²) >= 11 is 0. The molecular weight excluding hydrogens is 316 g/mol. The average Bonchev–Trinajstić information content (AvgIpc) is 3.30. The molecule has 2 fully saturated rings. The van der Waals surface area contributed by atoms with E-state index in [2.05, 4.69) is 5.32 Å². The molecule has 1 heterocycles. The van der Waals surface area contributed by atoms with Gasteiger partial charge in [-0.1, -0.05) is 0 Å². The molecule has 0 bridgehead atoms. The molecule has 0 spiro atoms. The third kappa shape index (κ3) is 3.56. The summed E-state index contributed by atoms with van der Waals surface area (Å²) in [6, 6.07) is 3.31. The Bertz CT molecular complexity index is 661. The van der Waals surface area contributed by atoms with Crippen molar-refractivity contribution in [2.45, 2.75) is 31.2 Å². The molecular formula is C17H21F2N3O2. The van der Waals surface area contributed by atoms with Gasteiger partial charge in [-0.15, -0.1) is 0 Å². The highest BCUT2D eigenvalue weighted by atomic mass is 19.1. The van der Waals surface area contributed by atoms with Crippen LogP contribution in [-0.4, -0.2) is 36.3 Å². The molecule has 2 amide bonds. The van der Waals surface area contributed by atoms with E-state index in [1.165, 1.54) is 0 Å². The minimum Gasteiger partial charge on any atom is -0.369 e. The molecule has 0 aromatic heterocycles. The minimum atomic E-state index is -0.796. The molecule has 7 heteroatoms. The molecule has 3 N–H and O–H groups in total. The zero-order valence-electron chi connectivity index (χ0n) is 13.4. The van der Waals surface area contributed by atoms with E-state index in [0.29, 0.717) is 25.8 Å². The number of carbonyl (C=O) groups is 2. The van der Waals surface area contributed by atoms with E-state index in [0.717, 1.165) is 31.2 Å². The number of nitrogens with one attached hydrogen (secondary N) is 1. The van der Waals surface area contributed by atoms with E-state index in [-0.39, 0.29) is 23.9 Å². The second-order valence-corrected chi connectivity index (χ2v) is 6.74. The second kappa shape index (κ2) is 6.47. The summed E-state index contributed by atoms with van der Waals surface area (Å²) in [5.41, 5.74) is 4.62. The number of likely N-dealkylation sites (tertiary alicyclic amines) is 1. The maximum atomic E-state index is 14.0. The van der Waals surface area contributed by atoms with E-state index in [9.17, 15) is 18.4 Å². The second-order valence-electron chi connectivity index (χ2n) is 6.74. The van der Waals surface area contributed by atoms with Gasteiger partial charge in [0.05, 0.1) is 18.0 Å². The molecule has 1 saturated heterocycles. The van der Waals surface area contributed by atoms with Gasteiger partial charge in [0.2, 0.25) is 11.8 Å². The number of hydrogen-bond donors (Lipinski definition) is 2. The Labute approximate surface area is 139 Å². The molecule has 1 aromatic carbocycles. The van der Waals surface area contributed by atoms with Gasteiger partial charge in [-0.05, 0) is 50.4 Å². The van der Waals surface area contributed by atoms with Crippen molar-refractivity contribution < 1.29 is 18.4 Å². The molecule has 2 aliphatic rings.